The molecule has 3 heterocycles. The zero-order valence-electron chi connectivity index (χ0n) is 16.4. The molecule has 0 spiro atoms. The van der Waals surface area contributed by atoms with Gasteiger partial charge in [0.15, 0.2) is 9.84 Å². The number of amides is 1. The molecule has 0 bridgehead atoms. The minimum atomic E-state index is -3.46. The monoisotopic (exact) mass is 413 g/mol. The van der Waals surface area contributed by atoms with Crippen LogP contribution in [0.3, 0.4) is 0 Å². The molecule has 4 rings (SSSR count). The molecular weight excluding hydrogens is 390 g/mol. The van der Waals surface area contributed by atoms with Gasteiger partial charge in [-0.05, 0) is 25.3 Å². The highest BCUT2D eigenvalue weighted by atomic mass is 32.2. The zero-order chi connectivity index (χ0) is 20.6. The summed E-state index contributed by atoms with van der Waals surface area (Å²) in [7, 11) is -3.46. The van der Waals surface area contributed by atoms with Crippen molar-refractivity contribution < 1.29 is 13.2 Å². The Kier molecular flexibility index (Phi) is 5.08. The number of benzene rings is 1. The van der Waals surface area contributed by atoms with E-state index in [4.69, 9.17) is 0 Å². The molecule has 1 aliphatic rings. The van der Waals surface area contributed by atoms with Gasteiger partial charge in [-0.25, -0.2) is 13.4 Å². The van der Waals surface area contributed by atoms with Crippen LogP contribution in [0.2, 0.25) is 0 Å². The van der Waals surface area contributed by atoms with Crippen LogP contribution in [0, 0.1) is 0 Å². The number of hydrogen-bond acceptors (Lipinski definition) is 6. The molecule has 1 saturated heterocycles. The highest BCUT2D eigenvalue weighted by Crippen LogP contribution is 2.33. The molecule has 1 fully saturated rings. The summed E-state index contributed by atoms with van der Waals surface area (Å²) in [5.74, 6) is 0.229. The maximum atomic E-state index is 12.9. The van der Waals surface area contributed by atoms with E-state index >= 15 is 0 Å². The Morgan fingerprint density at radius 2 is 1.83 bits per heavy atom. The maximum absolute atomic E-state index is 12.9. The summed E-state index contributed by atoms with van der Waals surface area (Å²) in [6.45, 7) is 3.07. The van der Waals surface area contributed by atoms with Crippen molar-refractivity contribution in [3.8, 4) is 0 Å². The molecule has 1 aromatic carbocycles. The number of rotatable bonds is 4. The first kappa shape index (κ1) is 19.5. The lowest BCUT2D eigenvalue weighted by atomic mass is 9.91. The number of nitrogens with zero attached hydrogens (tertiary/aromatic N) is 5. The second-order valence-corrected chi connectivity index (χ2v) is 9.47. The number of likely N-dealkylation sites (tertiary alicyclic amines) is 1. The zero-order valence-corrected chi connectivity index (χ0v) is 17.2. The van der Waals surface area contributed by atoms with E-state index < -0.39 is 9.84 Å². The largest absolute Gasteiger partial charge is 0.342 e. The molecule has 9 heteroatoms. The van der Waals surface area contributed by atoms with E-state index in [1.54, 1.807) is 0 Å². The van der Waals surface area contributed by atoms with Crippen LogP contribution in [-0.4, -0.2) is 58.2 Å². The lowest BCUT2D eigenvalue weighted by Gasteiger charge is -2.34. The van der Waals surface area contributed by atoms with E-state index in [-0.39, 0.29) is 22.6 Å². The minimum absolute atomic E-state index is 0.0389. The summed E-state index contributed by atoms with van der Waals surface area (Å²) in [6, 6.07) is 9.74. The van der Waals surface area contributed by atoms with Gasteiger partial charge in [0.25, 0.3) is 5.78 Å². The normalized spacial score (nSPS) is 16.8. The smallest absolute Gasteiger partial charge is 0.252 e. The third-order valence-electron chi connectivity index (χ3n) is 5.57. The average Bonchev–Trinajstić information content (AvgIpc) is 3.21. The van der Waals surface area contributed by atoms with Crippen LogP contribution in [-0.2, 0) is 14.6 Å². The molecule has 0 radical (unpaired) electrons. The first-order valence-corrected chi connectivity index (χ1v) is 11.5. The number of fused-ring (bicyclic) bond motifs is 1. The SMILES string of the molecule is CC(C(=O)N1CCC(c2c(S(C)(=O)=O)cnc3ncnn23)CC1)c1ccccc1. The van der Waals surface area contributed by atoms with Crippen LogP contribution in [0.25, 0.3) is 5.78 Å². The summed E-state index contributed by atoms with van der Waals surface area (Å²) in [5.41, 5.74) is 1.61. The van der Waals surface area contributed by atoms with Gasteiger partial charge < -0.3 is 4.90 Å². The van der Waals surface area contributed by atoms with Gasteiger partial charge >= 0.3 is 0 Å². The average molecular weight is 414 g/mol. The maximum Gasteiger partial charge on any atom is 0.252 e. The number of aromatic nitrogens is 4. The van der Waals surface area contributed by atoms with Crippen molar-refractivity contribution in [1.29, 1.82) is 0 Å². The summed E-state index contributed by atoms with van der Waals surface area (Å²) in [5, 5.41) is 4.19. The molecule has 0 aliphatic carbocycles. The Bertz CT molecular complexity index is 1140. The third-order valence-corrected chi connectivity index (χ3v) is 6.68. The van der Waals surface area contributed by atoms with Crippen molar-refractivity contribution in [1.82, 2.24) is 24.5 Å². The predicted octanol–water partition coefficient (Wildman–Crippen LogP) is 2.04. The minimum Gasteiger partial charge on any atom is -0.342 e. The summed E-state index contributed by atoms with van der Waals surface area (Å²) >= 11 is 0. The molecule has 0 saturated carbocycles. The number of hydrogen-bond donors (Lipinski definition) is 0. The van der Waals surface area contributed by atoms with Gasteiger partial charge in [-0.3, -0.25) is 4.79 Å². The molecule has 29 heavy (non-hydrogen) atoms. The Morgan fingerprint density at radius 3 is 2.48 bits per heavy atom. The van der Waals surface area contributed by atoms with Crippen molar-refractivity contribution in [2.75, 3.05) is 19.3 Å². The van der Waals surface area contributed by atoms with Crippen molar-refractivity contribution in [3.05, 3.63) is 54.1 Å². The van der Waals surface area contributed by atoms with E-state index in [0.717, 1.165) is 5.56 Å². The fourth-order valence-electron chi connectivity index (χ4n) is 3.97. The third kappa shape index (κ3) is 3.74. The van der Waals surface area contributed by atoms with Gasteiger partial charge in [0.2, 0.25) is 5.91 Å². The Labute approximate surface area is 169 Å². The van der Waals surface area contributed by atoms with Crippen LogP contribution < -0.4 is 0 Å². The van der Waals surface area contributed by atoms with Gasteiger partial charge in [0.1, 0.15) is 11.2 Å². The van der Waals surface area contributed by atoms with Crippen LogP contribution in [0.15, 0.2) is 47.8 Å². The highest BCUT2D eigenvalue weighted by Gasteiger charge is 2.31. The van der Waals surface area contributed by atoms with Crippen molar-refractivity contribution in [2.45, 2.75) is 36.5 Å². The number of sulfone groups is 1. The Hall–Kier alpha value is -2.81. The molecule has 1 atom stereocenters. The van der Waals surface area contributed by atoms with Crippen molar-refractivity contribution in [2.24, 2.45) is 0 Å². The fraction of sp³-hybridized carbons (Fsp3) is 0.400. The molecule has 2 aromatic heterocycles. The van der Waals surface area contributed by atoms with Crippen LogP contribution >= 0.6 is 0 Å². The van der Waals surface area contributed by atoms with Crippen LogP contribution in [0.1, 0.15) is 42.9 Å². The number of piperidine rings is 1. The second kappa shape index (κ2) is 7.55. The summed E-state index contributed by atoms with van der Waals surface area (Å²) < 4.78 is 26.1. The predicted molar refractivity (Wildman–Crippen MR) is 107 cm³/mol. The molecule has 1 amide bonds. The van der Waals surface area contributed by atoms with Gasteiger partial charge in [0, 0.05) is 25.3 Å². The lowest BCUT2D eigenvalue weighted by Crippen LogP contribution is -2.40. The van der Waals surface area contributed by atoms with Gasteiger partial charge in [0.05, 0.1) is 17.8 Å². The number of carbonyl (C=O) groups excluding carboxylic acids is 1. The second-order valence-electron chi connectivity index (χ2n) is 7.48. The topological polar surface area (TPSA) is 97.5 Å². The summed E-state index contributed by atoms with van der Waals surface area (Å²) in [6.07, 6.45) is 5.24. The molecule has 0 N–H and O–H groups in total. The van der Waals surface area contributed by atoms with E-state index in [9.17, 15) is 13.2 Å². The van der Waals surface area contributed by atoms with Gasteiger partial charge in [-0.2, -0.15) is 14.6 Å². The van der Waals surface area contributed by atoms with Crippen molar-refractivity contribution >= 4 is 21.5 Å². The van der Waals surface area contributed by atoms with E-state index in [2.05, 4.69) is 15.1 Å². The highest BCUT2D eigenvalue weighted by molar-refractivity contribution is 7.90. The molecular formula is C20H23N5O3S. The fourth-order valence-corrected chi connectivity index (χ4v) is 4.85. The first-order chi connectivity index (χ1) is 13.9. The molecule has 1 aliphatic heterocycles. The Balaban J connectivity index is 1.56. The molecule has 152 valence electrons. The first-order valence-electron chi connectivity index (χ1n) is 9.58. The van der Waals surface area contributed by atoms with Crippen molar-refractivity contribution in [3.63, 3.8) is 0 Å². The van der Waals surface area contributed by atoms with E-state index in [0.29, 0.717) is 37.4 Å². The van der Waals surface area contributed by atoms with Crippen LogP contribution in [0.4, 0.5) is 0 Å². The quantitative estimate of drug-likeness (QED) is 0.649. The van der Waals surface area contributed by atoms with E-state index in [1.165, 1.54) is 23.3 Å². The molecule has 8 nitrogen and oxygen atoms in total. The summed E-state index contributed by atoms with van der Waals surface area (Å²) in [4.78, 5) is 23.2. The molecule has 1 unspecified atom stereocenters. The van der Waals surface area contributed by atoms with Gasteiger partial charge in [-0.15, -0.1) is 0 Å². The standard InChI is InChI=1S/C20H23N5O3S/c1-14(15-6-4-3-5-7-15)19(26)24-10-8-16(9-11-24)18-17(29(2,27)28)12-21-20-22-13-23-25(18)20/h3-7,12-14,16H,8-11H2,1-2H3. The van der Waals surface area contributed by atoms with E-state index in [1.807, 2.05) is 42.2 Å². The Morgan fingerprint density at radius 1 is 1.14 bits per heavy atom. The lowest BCUT2D eigenvalue weighted by molar-refractivity contribution is -0.133. The molecule has 3 aromatic rings. The number of carbonyl (C=O) groups is 1. The van der Waals surface area contributed by atoms with Crippen LogP contribution in [0.5, 0.6) is 0 Å². The van der Waals surface area contributed by atoms with Gasteiger partial charge in [-0.1, -0.05) is 30.3 Å².